The van der Waals surface area contributed by atoms with Crippen LogP contribution in [0.2, 0.25) is 5.02 Å². The highest BCUT2D eigenvalue weighted by atomic mass is 35.5. The second-order valence-electron chi connectivity index (χ2n) is 6.64. The fourth-order valence-corrected chi connectivity index (χ4v) is 3.22. The molecule has 2 amide bonds. The molecule has 0 unspecified atom stereocenters. The zero-order valence-corrected chi connectivity index (χ0v) is 15.5. The first-order valence-corrected chi connectivity index (χ1v) is 9.43. The number of aromatic nitrogens is 3. The van der Waals surface area contributed by atoms with E-state index in [2.05, 4.69) is 15.4 Å². The van der Waals surface area contributed by atoms with Crippen molar-refractivity contribution in [3.05, 3.63) is 40.9 Å². The van der Waals surface area contributed by atoms with Gasteiger partial charge in [-0.05, 0) is 31.4 Å². The number of amides is 2. The zero-order chi connectivity index (χ0) is 18.8. The third-order valence-corrected chi connectivity index (χ3v) is 4.91. The first kappa shape index (κ1) is 17.8. The molecule has 0 radical (unpaired) electrons. The average Bonchev–Trinajstić information content (AvgIpc) is 3.28. The van der Waals surface area contributed by atoms with Gasteiger partial charge in [0.2, 0.25) is 5.82 Å². The molecule has 1 saturated carbocycles. The van der Waals surface area contributed by atoms with Gasteiger partial charge in [-0.15, -0.1) is 5.10 Å². The van der Waals surface area contributed by atoms with E-state index in [4.69, 9.17) is 16.3 Å². The van der Waals surface area contributed by atoms with Gasteiger partial charge in [0.05, 0.1) is 17.3 Å². The molecule has 1 aliphatic heterocycles. The molecule has 0 spiro atoms. The molecule has 27 heavy (non-hydrogen) atoms. The number of carbonyl (C=O) groups is 2. The van der Waals surface area contributed by atoms with Crippen molar-refractivity contribution in [2.75, 3.05) is 26.2 Å². The highest BCUT2D eigenvalue weighted by Crippen LogP contribution is 2.40. The molecule has 1 aromatic carbocycles. The topological polar surface area (TPSA) is 89.4 Å². The lowest BCUT2D eigenvalue weighted by atomic mass is 10.3. The Morgan fingerprint density at radius 2 is 2.15 bits per heavy atom. The van der Waals surface area contributed by atoms with E-state index < -0.39 is 0 Å². The third-order valence-electron chi connectivity index (χ3n) is 4.59. The minimum atomic E-state index is -0.327. The Bertz CT molecular complexity index is 864. The summed E-state index contributed by atoms with van der Waals surface area (Å²) in [6.07, 6.45) is 2.42. The lowest BCUT2D eigenvalue weighted by Gasteiger charge is -2.11. The first-order chi connectivity index (χ1) is 13.1. The van der Waals surface area contributed by atoms with Crippen molar-refractivity contribution in [2.24, 2.45) is 0 Å². The monoisotopic (exact) mass is 389 g/mol. The quantitative estimate of drug-likeness (QED) is 0.734. The second kappa shape index (κ2) is 7.56. The molecule has 1 saturated heterocycles. The van der Waals surface area contributed by atoms with Crippen LogP contribution in [0.25, 0.3) is 5.69 Å². The van der Waals surface area contributed by atoms with E-state index in [1.807, 2.05) is 18.2 Å². The molecule has 4 rings (SSSR count). The Hall–Kier alpha value is -2.61. The number of halogens is 1. The van der Waals surface area contributed by atoms with Gasteiger partial charge in [0, 0.05) is 19.0 Å². The summed E-state index contributed by atoms with van der Waals surface area (Å²) in [5, 5.41) is 7.77. The van der Waals surface area contributed by atoms with Crippen LogP contribution in [0, 0.1) is 0 Å². The van der Waals surface area contributed by atoms with Crippen molar-refractivity contribution in [1.82, 2.24) is 25.0 Å². The molecule has 1 N–H and O–H groups in total. The van der Waals surface area contributed by atoms with Gasteiger partial charge in [-0.1, -0.05) is 23.7 Å². The number of ether oxygens (including phenoxy) is 1. The Labute approximate surface area is 161 Å². The SMILES string of the molecule is O=C(NCCCN1CCOC1=O)c1nc(C2CC2)n(-c2ccccc2Cl)n1. The van der Waals surface area contributed by atoms with E-state index in [-0.39, 0.29) is 17.8 Å². The third kappa shape index (κ3) is 3.90. The molecule has 0 atom stereocenters. The Balaban J connectivity index is 1.41. The number of cyclic esters (lactones) is 1. The van der Waals surface area contributed by atoms with Gasteiger partial charge in [-0.3, -0.25) is 4.79 Å². The normalized spacial score (nSPS) is 16.5. The van der Waals surface area contributed by atoms with Crippen LogP contribution in [0.4, 0.5) is 4.79 Å². The molecular weight excluding hydrogens is 370 g/mol. The molecule has 2 fully saturated rings. The van der Waals surface area contributed by atoms with Crippen molar-refractivity contribution < 1.29 is 14.3 Å². The van der Waals surface area contributed by atoms with Gasteiger partial charge in [-0.2, -0.15) is 0 Å². The summed E-state index contributed by atoms with van der Waals surface area (Å²) in [5.41, 5.74) is 0.722. The minimum absolute atomic E-state index is 0.136. The van der Waals surface area contributed by atoms with Crippen LogP contribution in [-0.4, -0.2) is 57.9 Å². The number of nitrogens with one attached hydrogen (secondary N) is 1. The summed E-state index contributed by atoms with van der Waals surface area (Å²) in [6.45, 7) is 2.01. The molecule has 2 aromatic rings. The molecule has 9 heteroatoms. The summed E-state index contributed by atoms with van der Waals surface area (Å²) in [7, 11) is 0. The van der Waals surface area contributed by atoms with E-state index >= 15 is 0 Å². The summed E-state index contributed by atoms with van der Waals surface area (Å²) >= 11 is 6.29. The summed E-state index contributed by atoms with van der Waals surface area (Å²) in [5.74, 6) is 0.897. The van der Waals surface area contributed by atoms with Crippen molar-refractivity contribution in [1.29, 1.82) is 0 Å². The predicted octanol–water partition coefficient (Wildman–Crippen LogP) is 2.37. The smallest absolute Gasteiger partial charge is 0.409 e. The lowest BCUT2D eigenvalue weighted by molar-refractivity contribution is 0.0942. The van der Waals surface area contributed by atoms with Crippen LogP contribution in [0.1, 0.15) is 41.6 Å². The first-order valence-electron chi connectivity index (χ1n) is 9.05. The van der Waals surface area contributed by atoms with E-state index in [0.29, 0.717) is 43.6 Å². The maximum absolute atomic E-state index is 12.4. The van der Waals surface area contributed by atoms with Gasteiger partial charge in [0.1, 0.15) is 12.4 Å². The van der Waals surface area contributed by atoms with Crippen LogP contribution in [0.5, 0.6) is 0 Å². The molecule has 2 aliphatic rings. The highest BCUT2D eigenvalue weighted by Gasteiger charge is 2.32. The standard InChI is InChI=1S/C18H20ClN5O3/c19-13-4-1-2-5-14(13)24-16(12-6-7-12)21-15(22-24)17(25)20-8-3-9-23-10-11-27-18(23)26/h1-2,4-5,12H,3,6-11H2,(H,20,25). The summed E-state index contributed by atoms with van der Waals surface area (Å²) in [4.78, 5) is 29.9. The van der Waals surface area contributed by atoms with Crippen molar-refractivity contribution in [3.8, 4) is 5.69 Å². The van der Waals surface area contributed by atoms with Crippen LogP contribution >= 0.6 is 11.6 Å². The van der Waals surface area contributed by atoms with Crippen LogP contribution in [-0.2, 0) is 4.74 Å². The van der Waals surface area contributed by atoms with Gasteiger partial charge in [0.25, 0.3) is 5.91 Å². The van der Waals surface area contributed by atoms with Crippen LogP contribution < -0.4 is 5.32 Å². The van der Waals surface area contributed by atoms with E-state index in [9.17, 15) is 9.59 Å². The number of benzene rings is 1. The molecule has 142 valence electrons. The summed E-state index contributed by atoms with van der Waals surface area (Å²) < 4.78 is 6.55. The Morgan fingerprint density at radius 3 is 2.85 bits per heavy atom. The van der Waals surface area contributed by atoms with Crippen LogP contribution in [0.15, 0.2) is 24.3 Å². The van der Waals surface area contributed by atoms with Crippen LogP contribution in [0.3, 0.4) is 0 Å². The van der Waals surface area contributed by atoms with Crippen molar-refractivity contribution in [3.63, 3.8) is 0 Å². The molecular formula is C18H20ClN5O3. The van der Waals surface area contributed by atoms with E-state index in [1.54, 1.807) is 15.6 Å². The minimum Gasteiger partial charge on any atom is -0.448 e. The maximum atomic E-state index is 12.4. The molecule has 1 aliphatic carbocycles. The number of rotatable bonds is 7. The number of nitrogens with zero attached hydrogens (tertiary/aromatic N) is 4. The largest absolute Gasteiger partial charge is 0.448 e. The number of hydrogen-bond acceptors (Lipinski definition) is 5. The van der Waals surface area contributed by atoms with Crippen molar-refractivity contribution in [2.45, 2.75) is 25.2 Å². The van der Waals surface area contributed by atoms with Gasteiger partial charge < -0.3 is 15.0 Å². The highest BCUT2D eigenvalue weighted by molar-refractivity contribution is 6.32. The molecule has 8 nitrogen and oxygen atoms in total. The van der Waals surface area contributed by atoms with Gasteiger partial charge in [-0.25, -0.2) is 14.5 Å². The summed E-state index contributed by atoms with van der Waals surface area (Å²) in [6, 6.07) is 7.38. The number of para-hydroxylation sites is 1. The van der Waals surface area contributed by atoms with E-state index in [0.717, 1.165) is 24.4 Å². The van der Waals surface area contributed by atoms with E-state index in [1.165, 1.54) is 0 Å². The predicted molar refractivity (Wildman–Crippen MR) is 98.2 cm³/mol. The number of hydrogen-bond donors (Lipinski definition) is 1. The molecule has 0 bridgehead atoms. The average molecular weight is 390 g/mol. The number of carbonyl (C=O) groups excluding carboxylic acids is 2. The fourth-order valence-electron chi connectivity index (χ4n) is 3.01. The molecule has 2 heterocycles. The van der Waals surface area contributed by atoms with Gasteiger partial charge >= 0.3 is 6.09 Å². The second-order valence-corrected chi connectivity index (χ2v) is 7.05. The molecule has 1 aromatic heterocycles. The van der Waals surface area contributed by atoms with Gasteiger partial charge in [0.15, 0.2) is 0 Å². The maximum Gasteiger partial charge on any atom is 0.409 e. The lowest BCUT2D eigenvalue weighted by Crippen LogP contribution is -2.31. The Morgan fingerprint density at radius 1 is 1.33 bits per heavy atom. The Kier molecular flexibility index (Phi) is 4.98. The van der Waals surface area contributed by atoms with Crippen molar-refractivity contribution >= 4 is 23.6 Å². The fraction of sp³-hybridized carbons (Fsp3) is 0.444. The zero-order valence-electron chi connectivity index (χ0n) is 14.7.